The highest BCUT2D eigenvalue weighted by molar-refractivity contribution is 5.81. The summed E-state index contributed by atoms with van der Waals surface area (Å²) >= 11 is 0. The second-order valence-electron chi connectivity index (χ2n) is 7.52. The van der Waals surface area contributed by atoms with Crippen molar-refractivity contribution in [2.24, 2.45) is 5.92 Å². The number of carbonyl (C=O) groups is 2. The zero-order chi connectivity index (χ0) is 19.4. The molecular weight excluding hydrogens is 336 g/mol. The average molecular weight is 364 g/mol. The van der Waals surface area contributed by atoms with Crippen LogP contribution in [0.3, 0.4) is 0 Å². The van der Waals surface area contributed by atoms with E-state index in [0.29, 0.717) is 6.54 Å². The van der Waals surface area contributed by atoms with Gasteiger partial charge in [-0.15, -0.1) is 0 Å². The Morgan fingerprint density at radius 2 is 1.81 bits per heavy atom. The molecule has 1 heterocycles. The highest BCUT2D eigenvalue weighted by Gasteiger charge is 2.34. The fourth-order valence-electron chi connectivity index (χ4n) is 3.91. The molecule has 4 heteroatoms. The molecule has 2 aromatic carbocycles. The van der Waals surface area contributed by atoms with Gasteiger partial charge in [0.15, 0.2) is 0 Å². The van der Waals surface area contributed by atoms with Crippen LogP contribution in [0.1, 0.15) is 55.5 Å². The van der Waals surface area contributed by atoms with Crippen LogP contribution in [0.4, 0.5) is 0 Å². The van der Waals surface area contributed by atoms with Gasteiger partial charge in [0.2, 0.25) is 11.8 Å². The number of nitrogens with zero attached hydrogens (tertiary/aromatic N) is 1. The van der Waals surface area contributed by atoms with E-state index in [9.17, 15) is 9.59 Å². The molecule has 3 unspecified atom stereocenters. The van der Waals surface area contributed by atoms with E-state index in [4.69, 9.17) is 0 Å². The minimum Gasteiger partial charge on any atom is -0.349 e. The Hall–Kier alpha value is -2.62. The summed E-state index contributed by atoms with van der Waals surface area (Å²) in [6.45, 7) is 6.12. The largest absolute Gasteiger partial charge is 0.349 e. The molecule has 0 radical (unpaired) electrons. The average Bonchev–Trinajstić information content (AvgIpc) is 2.68. The standard InChI is InChI=1S/C23H28N2O2/c1-16-8-7-11-20(14-16)22-13-12-21(15-25(22)18(3)26)23(27)24-17(2)19-9-5-4-6-10-19/h4-11,14,17,21-22H,12-13,15H2,1-3H3,(H,24,27). The smallest absolute Gasteiger partial charge is 0.225 e. The molecule has 1 N–H and O–H groups in total. The van der Waals surface area contributed by atoms with Crippen LogP contribution in [0.2, 0.25) is 0 Å². The number of hydrogen-bond donors (Lipinski definition) is 1. The highest BCUT2D eigenvalue weighted by atomic mass is 16.2. The lowest BCUT2D eigenvalue weighted by Crippen LogP contribution is -2.46. The third-order valence-corrected chi connectivity index (χ3v) is 5.44. The number of carbonyl (C=O) groups excluding carboxylic acids is 2. The lowest BCUT2D eigenvalue weighted by atomic mass is 9.87. The van der Waals surface area contributed by atoms with Crippen molar-refractivity contribution in [1.29, 1.82) is 0 Å². The monoisotopic (exact) mass is 364 g/mol. The van der Waals surface area contributed by atoms with Crippen molar-refractivity contribution in [3.8, 4) is 0 Å². The Morgan fingerprint density at radius 3 is 2.48 bits per heavy atom. The molecule has 0 spiro atoms. The summed E-state index contributed by atoms with van der Waals surface area (Å²) < 4.78 is 0. The highest BCUT2D eigenvalue weighted by Crippen LogP contribution is 2.34. The second kappa shape index (κ2) is 8.38. The Bertz CT molecular complexity index is 803. The van der Waals surface area contributed by atoms with Crippen molar-refractivity contribution in [3.05, 3.63) is 71.3 Å². The molecule has 1 aliphatic heterocycles. The van der Waals surface area contributed by atoms with Gasteiger partial charge < -0.3 is 10.2 Å². The van der Waals surface area contributed by atoms with Crippen molar-refractivity contribution in [2.75, 3.05) is 6.54 Å². The van der Waals surface area contributed by atoms with Gasteiger partial charge in [-0.3, -0.25) is 9.59 Å². The molecule has 0 aliphatic carbocycles. The third-order valence-electron chi connectivity index (χ3n) is 5.44. The lowest BCUT2D eigenvalue weighted by Gasteiger charge is -2.39. The van der Waals surface area contributed by atoms with E-state index >= 15 is 0 Å². The number of likely N-dealkylation sites (tertiary alicyclic amines) is 1. The van der Waals surface area contributed by atoms with Crippen molar-refractivity contribution in [1.82, 2.24) is 10.2 Å². The van der Waals surface area contributed by atoms with Crippen LogP contribution in [0, 0.1) is 12.8 Å². The van der Waals surface area contributed by atoms with Crippen molar-refractivity contribution < 1.29 is 9.59 Å². The maximum Gasteiger partial charge on any atom is 0.225 e. The molecule has 142 valence electrons. The van der Waals surface area contributed by atoms with E-state index < -0.39 is 0 Å². The van der Waals surface area contributed by atoms with E-state index in [1.165, 1.54) is 5.56 Å². The molecule has 3 rings (SSSR count). The molecule has 0 saturated carbocycles. The molecule has 2 amide bonds. The Kier molecular flexibility index (Phi) is 5.94. The molecule has 2 aromatic rings. The fourth-order valence-corrected chi connectivity index (χ4v) is 3.91. The first-order valence-electron chi connectivity index (χ1n) is 9.65. The summed E-state index contributed by atoms with van der Waals surface area (Å²) in [4.78, 5) is 26.9. The Morgan fingerprint density at radius 1 is 1.07 bits per heavy atom. The van der Waals surface area contributed by atoms with Crippen LogP contribution < -0.4 is 5.32 Å². The number of nitrogens with one attached hydrogen (secondary N) is 1. The number of amides is 2. The molecule has 0 aromatic heterocycles. The second-order valence-corrected chi connectivity index (χ2v) is 7.52. The van der Waals surface area contributed by atoms with E-state index in [2.05, 4.69) is 30.4 Å². The fraction of sp³-hybridized carbons (Fsp3) is 0.391. The van der Waals surface area contributed by atoms with Gasteiger partial charge >= 0.3 is 0 Å². The van der Waals surface area contributed by atoms with Gasteiger partial charge in [-0.1, -0.05) is 60.2 Å². The van der Waals surface area contributed by atoms with Gasteiger partial charge in [0, 0.05) is 13.5 Å². The third kappa shape index (κ3) is 4.57. The maximum absolute atomic E-state index is 12.8. The molecule has 1 aliphatic rings. The lowest BCUT2D eigenvalue weighted by molar-refractivity contribution is -0.137. The summed E-state index contributed by atoms with van der Waals surface area (Å²) in [5.74, 6) is -0.114. The van der Waals surface area contributed by atoms with Crippen LogP contribution in [-0.2, 0) is 9.59 Å². The Labute approximate surface area is 161 Å². The van der Waals surface area contributed by atoms with E-state index in [0.717, 1.165) is 24.0 Å². The van der Waals surface area contributed by atoms with Crippen LogP contribution in [-0.4, -0.2) is 23.3 Å². The first-order valence-corrected chi connectivity index (χ1v) is 9.65. The van der Waals surface area contributed by atoms with Crippen molar-refractivity contribution in [3.63, 3.8) is 0 Å². The molecule has 1 saturated heterocycles. The Balaban J connectivity index is 1.69. The molecule has 4 nitrogen and oxygen atoms in total. The number of piperidine rings is 1. The zero-order valence-corrected chi connectivity index (χ0v) is 16.3. The van der Waals surface area contributed by atoms with Crippen LogP contribution in [0.15, 0.2) is 54.6 Å². The van der Waals surface area contributed by atoms with Gasteiger partial charge in [0.25, 0.3) is 0 Å². The van der Waals surface area contributed by atoms with E-state index in [1.807, 2.05) is 48.2 Å². The van der Waals surface area contributed by atoms with E-state index in [-0.39, 0.29) is 29.8 Å². The minimum absolute atomic E-state index is 0.0233. The molecule has 27 heavy (non-hydrogen) atoms. The van der Waals surface area contributed by atoms with Gasteiger partial charge in [-0.05, 0) is 37.8 Å². The number of benzene rings is 2. The summed E-state index contributed by atoms with van der Waals surface area (Å²) in [6.07, 6.45) is 1.59. The minimum atomic E-state index is -0.166. The van der Waals surface area contributed by atoms with Gasteiger partial charge in [-0.25, -0.2) is 0 Å². The summed E-state index contributed by atoms with van der Waals surface area (Å²) in [5, 5.41) is 3.11. The van der Waals surface area contributed by atoms with Crippen LogP contribution in [0.25, 0.3) is 0 Å². The SMILES string of the molecule is CC(=O)N1CC(C(=O)NC(C)c2ccccc2)CCC1c1cccc(C)c1. The number of hydrogen-bond acceptors (Lipinski definition) is 2. The maximum atomic E-state index is 12.8. The quantitative estimate of drug-likeness (QED) is 0.885. The number of rotatable bonds is 4. The molecule has 3 atom stereocenters. The van der Waals surface area contributed by atoms with Crippen molar-refractivity contribution in [2.45, 2.75) is 45.7 Å². The predicted octanol–water partition coefficient (Wildman–Crippen LogP) is 4.17. The van der Waals surface area contributed by atoms with Gasteiger partial charge in [0.1, 0.15) is 0 Å². The van der Waals surface area contributed by atoms with E-state index in [1.54, 1.807) is 6.92 Å². The van der Waals surface area contributed by atoms with Crippen LogP contribution in [0.5, 0.6) is 0 Å². The van der Waals surface area contributed by atoms with Crippen LogP contribution >= 0.6 is 0 Å². The summed E-state index contributed by atoms with van der Waals surface area (Å²) in [7, 11) is 0. The molecular formula is C23H28N2O2. The van der Waals surface area contributed by atoms with Gasteiger partial charge in [-0.2, -0.15) is 0 Å². The number of aryl methyl sites for hydroxylation is 1. The first-order chi connectivity index (χ1) is 13.0. The summed E-state index contributed by atoms with van der Waals surface area (Å²) in [6, 6.07) is 18.3. The van der Waals surface area contributed by atoms with Crippen molar-refractivity contribution >= 4 is 11.8 Å². The first kappa shape index (κ1) is 19.2. The topological polar surface area (TPSA) is 49.4 Å². The van der Waals surface area contributed by atoms with Gasteiger partial charge in [0.05, 0.1) is 18.0 Å². The zero-order valence-electron chi connectivity index (χ0n) is 16.3. The molecule has 1 fully saturated rings. The normalized spacial score (nSPS) is 20.8. The summed E-state index contributed by atoms with van der Waals surface area (Å²) in [5.41, 5.74) is 3.43. The predicted molar refractivity (Wildman–Crippen MR) is 107 cm³/mol. The molecule has 0 bridgehead atoms.